The molecule has 0 radical (unpaired) electrons. The third-order valence-corrected chi connectivity index (χ3v) is 3.30. The molecule has 3 rings (SSSR count). The molecular formula is C9H14N4. The maximum atomic E-state index is 4.02. The summed E-state index contributed by atoms with van der Waals surface area (Å²) in [6, 6.07) is 1.47. The summed E-state index contributed by atoms with van der Waals surface area (Å²) >= 11 is 0. The molecule has 0 N–H and O–H groups in total. The minimum Gasteiger partial charge on any atom is -0.296 e. The third kappa shape index (κ3) is 1.16. The molecule has 4 heteroatoms. The Kier molecular flexibility index (Phi) is 1.62. The van der Waals surface area contributed by atoms with Crippen LogP contribution in [0.1, 0.15) is 25.3 Å². The molecule has 0 spiro atoms. The Morgan fingerprint density at radius 1 is 1.15 bits per heavy atom. The molecule has 1 saturated carbocycles. The van der Waals surface area contributed by atoms with Crippen LogP contribution in [0.5, 0.6) is 0 Å². The zero-order chi connectivity index (χ0) is 8.67. The Balaban J connectivity index is 1.57. The molecule has 1 aliphatic carbocycles. The molecule has 2 aliphatic rings. The van der Waals surface area contributed by atoms with Crippen LogP contribution in [-0.4, -0.2) is 39.0 Å². The van der Waals surface area contributed by atoms with Gasteiger partial charge in [-0.1, -0.05) is 11.6 Å². The molecule has 0 bridgehead atoms. The zero-order valence-corrected chi connectivity index (χ0v) is 7.63. The van der Waals surface area contributed by atoms with Crippen LogP contribution in [0.3, 0.4) is 0 Å². The minimum atomic E-state index is 0.586. The Hall–Kier alpha value is -0.900. The van der Waals surface area contributed by atoms with Gasteiger partial charge in [0.1, 0.15) is 0 Å². The smallest absolute Gasteiger partial charge is 0.0790 e. The van der Waals surface area contributed by atoms with Crippen LogP contribution >= 0.6 is 0 Å². The summed E-state index contributed by atoms with van der Waals surface area (Å²) in [5, 5.41) is 7.84. The summed E-state index contributed by atoms with van der Waals surface area (Å²) in [6.07, 6.45) is 7.96. The van der Waals surface area contributed by atoms with Gasteiger partial charge in [0.15, 0.2) is 0 Å². The Labute approximate surface area is 77.5 Å². The first-order valence-corrected chi connectivity index (χ1v) is 5.03. The first kappa shape index (κ1) is 7.50. The van der Waals surface area contributed by atoms with E-state index in [1.54, 1.807) is 6.20 Å². The largest absolute Gasteiger partial charge is 0.296 e. The lowest BCUT2D eigenvalue weighted by atomic mass is 9.88. The van der Waals surface area contributed by atoms with Crippen LogP contribution in [0.15, 0.2) is 12.4 Å². The highest BCUT2D eigenvalue weighted by atomic mass is 15.5. The van der Waals surface area contributed by atoms with Crippen LogP contribution in [-0.2, 0) is 0 Å². The Morgan fingerprint density at radius 3 is 2.54 bits per heavy atom. The molecule has 1 saturated heterocycles. The summed E-state index contributed by atoms with van der Waals surface area (Å²) < 4.78 is 1.98. The van der Waals surface area contributed by atoms with Crippen LogP contribution in [0.2, 0.25) is 0 Å². The second-order valence-corrected chi connectivity index (χ2v) is 4.08. The maximum absolute atomic E-state index is 4.02. The fraction of sp³-hybridized carbons (Fsp3) is 0.778. The Bertz CT molecular complexity index is 272. The van der Waals surface area contributed by atoms with Crippen molar-refractivity contribution in [3.05, 3.63) is 12.4 Å². The summed E-state index contributed by atoms with van der Waals surface area (Å²) in [7, 11) is 0. The van der Waals surface area contributed by atoms with E-state index in [9.17, 15) is 0 Å². The van der Waals surface area contributed by atoms with E-state index in [1.165, 1.54) is 32.4 Å². The maximum Gasteiger partial charge on any atom is 0.0790 e. The van der Waals surface area contributed by atoms with Crippen molar-refractivity contribution in [1.82, 2.24) is 19.9 Å². The van der Waals surface area contributed by atoms with Crippen LogP contribution < -0.4 is 0 Å². The molecule has 0 unspecified atom stereocenters. The second-order valence-electron chi connectivity index (χ2n) is 4.08. The van der Waals surface area contributed by atoms with Crippen molar-refractivity contribution in [3.8, 4) is 0 Å². The molecule has 0 amide bonds. The minimum absolute atomic E-state index is 0.586. The number of rotatable bonds is 2. The van der Waals surface area contributed by atoms with Crippen molar-refractivity contribution < 1.29 is 0 Å². The monoisotopic (exact) mass is 178 g/mol. The van der Waals surface area contributed by atoms with Crippen molar-refractivity contribution in [2.75, 3.05) is 13.1 Å². The van der Waals surface area contributed by atoms with E-state index in [1.807, 2.05) is 10.9 Å². The standard InChI is InChI=1S/C9H14N4/c1-2-8(3-1)12-6-9(7-12)13-5-4-10-11-13/h4-5,8-9H,1-3,6-7H2. The molecule has 1 aromatic heterocycles. The predicted molar refractivity (Wildman–Crippen MR) is 48.3 cm³/mol. The van der Waals surface area contributed by atoms with Crippen LogP contribution in [0, 0.1) is 0 Å². The highest BCUT2D eigenvalue weighted by Crippen LogP contribution is 2.32. The van der Waals surface area contributed by atoms with E-state index in [-0.39, 0.29) is 0 Å². The first-order chi connectivity index (χ1) is 6.43. The lowest BCUT2D eigenvalue weighted by Crippen LogP contribution is -2.54. The fourth-order valence-electron chi connectivity index (χ4n) is 2.12. The highest BCUT2D eigenvalue weighted by Gasteiger charge is 2.36. The van der Waals surface area contributed by atoms with Crippen molar-refractivity contribution in [2.45, 2.75) is 31.3 Å². The van der Waals surface area contributed by atoms with Gasteiger partial charge in [0, 0.05) is 25.3 Å². The molecule has 1 aromatic rings. The van der Waals surface area contributed by atoms with Gasteiger partial charge in [-0.15, -0.1) is 5.10 Å². The second kappa shape index (κ2) is 2.80. The van der Waals surface area contributed by atoms with Gasteiger partial charge in [0.25, 0.3) is 0 Å². The van der Waals surface area contributed by atoms with E-state index in [2.05, 4.69) is 15.2 Å². The average molecular weight is 178 g/mol. The first-order valence-electron chi connectivity index (χ1n) is 5.03. The molecule has 2 fully saturated rings. The molecule has 4 nitrogen and oxygen atoms in total. The molecular weight excluding hydrogens is 164 g/mol. The van der Waals surface area contributed by atoms with E-state index < -0.39 is 0 Å². The average Bonchev–Trinajstić information content (AvgIpc) is 2.42. The number of hydrogen-bond donors (Lipinski definition) is 0. The molecule has 70 valence electrons. The predicted octanol–water partition coefficient (Wildman–Crippen LogP) is 0.687. The van der Waals surface area contributed by atoms with Crippen LogP contribution in [0.4, 0.5) is 0 Å². The number of likely N-dealkylation sites (tertiary alicyclic amines) is 1. The van der Waals surface area contributed by atoms with Crippen molar-refractivity contribution in [1.29, 1.82) is 0 Å². The quantitative estimate of drug-likeness (QED) is 0.668. The van der Waals surface area contributed by atoms with Crippen LogP contribution in [0.25, 0.3) is 0 Å². The normalized spacial score (nSPS) is 25.5. The van der Waals surface area contributed by atoms with E-state index in [0.29, 0.717) is 6.04 Å². The number of aromatic nitrogens is 3. The number of hydrogen-bond acceptors (Lipinski definition) is 3. The third-order valence-electron chi connectivity index (χ3n) is 3.30. The van der Waals surface area contributed by atoms with Gasteiger partial charge < -0.3 is 0 Å². The molecule has 1 aliphatic heterocycles. The molecule has 13 heavy (non-hydrogen) atoms. The lowest BCUT2D eigenvalue weighted by molar-refractivity contribution is 0.0174. The fourth-order valence-corrected chi connectivity index (χ4v) is 2.12. The highest BCUT2D eigenvalue weighted by molar-refractivity contribution is 4.92. The topological polar surface area (TPSA) is 34.0 Å². The SMILES string of the molecule is c1cn(C2CN(C3CCC3)C2)nn1. The van der Waals surface area contributed by atoms with E-state index >= 15 is 0 Å². The van der Waals surface area contributed by atoms with Gasteiger partial charge in [0.2, 0.25) is 0 Å². The number of nitrogens with zero attached hydrogens (tertiary/aromatic N) is 4. The molecule has 2 heterocycles. The summed E-state index contributed by atoms with van der Waals surface area (Å²) in [6.45, 7) is 2.35. The van der Waals surface area contributed by atoms with E-state index in [4.69, 9.17) is 0 Å². The molecule has 0 aromatic carbocycles. The van der Waals surface area contributed by atoms with Gasteiger partial charge in [-0.3, -0.25) is 4.90 Å². The van der Waals surface area contributed by atoms with Crippen molar-refractivity contribution >= 4 is 0 Å². The summed E-state index contributed by atoms with van der Waals surface area (Å²) in [4.78, 5) is 2.57. The Morgan fingerprint density at radius 2 is 2.00 bits per heavy atom. The van der Waals surface area contributed by atoms with Crippen molar-refractivity contribution in [3.63, 3.8) is 0 Å². The summed E-state index contributed by atoms with van der Waals surface area (Å²) in [5.41, 5.74) is 0. The van der Waals surface area contributed by atoms with Gasteiger partial charge in [-0.2, -0.15) is 0 Å². The van der Waals surface area contributed by atoms with E-state index in [0.717, 1.165) is 6.04 Å². The zero-order valence-electron chi connectivity index (χ0n) is 7.63. The lowest BCUT2D eigenvalue weighted by Gasteiger charge is -2.47. The van der Waals surface area contributed by atoms with Crippen molar-refractivity contribution in [2.24, 2.45) is 0 Å². The van der Waals surface area contributed by atoms with Gasteiger partial charge in [-0.05, 0) is 12.8 Å². The van der Waals surface area contributed by atoms with Gasteiger partial charge in [0.05, 0.1) is 12.2 Å². The van der Waals surface area contributed by atoms with Gasteiger partial charge in [-0.25, -0.2) is 4.68 Å². The van der Waals surface area contributed by atoms with Gasteiger partial charge >= 0.3 is 0 Å². The summed E-state index contributed by atoms with van der Waals surface area (Å²) in [5.74, 6) is 0. The molecule has 0 atom stereocenters.